The van der Waals surface area contributed by atoms with Crippen molar-refractivity contribution < 1.29 is 31.5 Å². The largest absolute Gasteiger partial charge is 0.490 e. The number of aromatic nitrogens is 2. The summed E-state index contributed by atoms with van der Waals surface area (Å²) in [5.41, 5.74) is 1.74. The summed E-state index contributed by atoms with van der Waals surface area (Å²) >= 11 is 19.0. The van der Waals surface area contributed by atoms with E-state index >= 15 is 0 Å². The van der Waals surface area contributed by atoms with Crippen molar-refractivity contribution in [2.45, 2.75) is 36.8 Å². The number of benzene rings is 2. The number of halogens is 6. The fourth-order valence-corrected chi connectivity index (χ4v) is 8.00. The third-order valence-electron chi connectivity index (χ3n) is 6.94. The highest BCUT2D eigenvalue weighted by molar-refractivity contribution is 7.89. The van der Waals surface area contributed by atoms with Gasteiger partial charge in [0.2, 0.25) is 16.0 Å². The molecule has 1 fully saturated rings. The summed E-state index contributed by atoms with van der Waals surface area (Å²) in [5, 5.41) is 15.5. The molecule has 0 bridgehead atoms. The molecule has 2 heterocycles. The van der Waals surface area contributed by atoms with E-state index in [9.17, 15) is 21.6 Å². The summed E-state index contributed by atoms with van der Waals surface area (Å²) in [7, 11) is -3.67. The van der Waals surface area contributed by atoms with Crippen LogP contribution in [0.25, 0.3) is 10.9 Å². The summed E-state index contributed by atoms with van der Waals surface area (Å²) in [4.78, 5) is 18.4. The average Bonchev–Trinajstić information content (AvgIpc) is 3.35. The Bertz CT molecular complexity index is 1730. The van der Waals surface area contributed by atoms with Crippen molar-refractivity contribution in [2.24, 2.45) is 11.8 Å². The Morgan fingerprint density at radius 3 is 2.13 bits per heavy atom. The van der Waals surface area contributed by atoms with E-state index in [4.69, 9.17) is 54.7 Å². The molecule has 1 aliphatic carbocycles. The third-order valence-corrected chi connectivity index (χ3v) is 10.4. The molecule has 0 amide bonds. The normalized spacial score (nSPS) is 16.9. The molecule has 4 aromatic rings. The Hall–Kier alpha value is -2.88. The van der Waals surface area contributed by atoms with E-state index in [-0.39, 0.29) is 15.1 Å². The molecule has 0 unspecified atom stereocenters. The van der Waals surface area contributed by atoms with E-state index in [2.05, 4.69) is 15.4 Å². The van der Waals surface area contributed by atoms with Gasteiger partial charge in [0.05, 0.1) is 9.85 Å². The van der Waals surface area contributed by atoms with Crippen LogP contribution in [0.5, 0.6) is 0 Å². The minimum Gasteiger partial charge on any atom is -0.475 e. The summed E-state index contributed by atoms with van der Waals surface area (Å²) in [6, 6.07) is 16.8. The maximum atomic E-state index is 12.6. The average molecular weight is 725 g/mol. The molecule has 45 heavy (non-hydrogen) atoms. The molecule has 242 valence electrons. The second kappa shape index (κ2) is 15.1. The maximum Gasteiger partial charge on any atom is 0.490 e. The van der Waals surface area contributed by atoms with E-state index in [0.29, 0.717) is 27.8 Å². The molecule has 1 aliphatic rings. The zero-order valence-corrected chi connectivity index (χ0v) is 27.1. The summed E-state index contributed by atoms with van der Waals surface area (Å²) in [5.74, 6) is -0.728. The lowest BCUT2D eigenvalue weighted by Crippen LogP contribution is -2.32. The quantitative estimate of drug-likeness (QED) is 0.136. The first-order chi connectivity index (χ1) is 21.2. The van der Waals surface area contributed by atoms with Gasteiger partial charge in [-0.25, -0.2) is 22.9 Å². The molecular weight excluding hydrogens is 698 g/mol. The van der Waals surface area contributed by atoms with Crippen molar-refractivity contribution in [1.29, 1.82) is 0 Å². The van der Waals surface area contributed by atoms with Gasteiger partial charge in [-0.1, -0.05) is 46.9 Å². The number of thiophene rings is 1. The van der Waals surface area contributed by atoms with Gasteiger partial charge in [-0.15, -0.1) is 11.3 Å². The number of fused-ring (bicyclic) bond motifs is 1. The number of aliphatic carboxylic acids is 1. The first kappa shape index (κ1) is 35.0. The van der Waals surface area contributed by atoms with Crippen LogP contribution in [-0.2, 0) is 14.8 Å². The van der Waals surface area contributed by atoms with E-state index in [1.807, 2.05) is 48.5 Å². The highest BCUT2D eigenvalue weighted by atomic mass is 35.5. The number of carbonyl (C=O) groups is 1. The number of carboxylic acids is 1. The standard InChI is InChI=1S/C26H26Cl3N5O2S2.C2HF3O2/c27-18-9-11-19(12-10-18)32-25-20-3-1-2-4-21(20)33-26(34-25)30-14-16-5-7-17(8-6-16)15-31-38(35,36)22-13-23(28)37-24(22)29;3-2(4,5)1(6)7/h1-4,9-13,16-17,31H,5-8,14-15H2,(H2,30,32,33,34);(H,6,7). The second-order valence-corrected chi connectivity index (χ2v) is 14.6. The fraction of sp³-hybridized carbons (Fsp3) is 0.321. The number of alkyl halides is 3. The van der Waals surface area contributed by atoms with Crippen LogP contribution >= 0.6 is 46.1 Å². The van der Waals surface area contributed by atoms with Crippen LogP contribution in [0.1, 0.15) is 25.7 Å². The zero-order valence-electron chi connectivity index (χ0n) is 23.2. The van der Waals surface area contributed by atoms with E-state index in [1.54, 1.807) is 0 Å². The third kappa shape index (κ3) is 10.1. The number of nitrogens with one attached hydrogen (secondary N) is 3. The number of rotatable bonds is 9. The molecule has 2 aromatic carbocycles. The van der Waals surface area contributed by atoms with Crippen LogP contribution in [0.15, 0.2) is 59.5 Å². The Kier molecular flexibility index (Phi) is 11.8. The predicted octanol–water partition coefficient (Wildman–Crippen LogP) is 8.23. The van der Waals surface area contributed by atoms with Crippen LogP contribution in [-0.4, -0.2) is 48.7 Å². The number of carboxylic acid groups (broad SMARTS) is 1. The lowest BCUT2D eigenvalue weighted by molar-refractivity contribution is -0.192. The van der Waals surface area contributed by atoms with Gasteiger partial charge >= 0.3 is 12.1 Å². The molecule has 1 saturated carbocycles. The van der Waals surface area contributed by atoms with Gasteiger partial charge in [0.25, 0.3) is 0 Å². The van der Waals surface area contributed by atoms with Crippen LogP contribution in [0.2, 0.25) is 13.7 Å². The van der Waals surface area contributed by atoms with E-state index in [1.165, 1.54) is 6.07 Å². The Morgan fingerprint density at radius 2 is 1.56 bits per heavy atom. The second-order valence-electron chi connectivity index (χ2n) is 10.2. The Morgan fingerprint density at radius 1 is 0.956 bits per heavy atom. The minimum atomic E-state index is -5.08. The topological polar surface area (TPSA) is 133 Å². The van der Waals surface area contributed by atoms with Crippen molar-refractivity contribution in [3.63, 3.8) is 0 Å². The SMILES string of the molecule is O=C(O)C(F)(F)F.O=S(=O)(NCC1CCC(CNc2nc(Nc3ccc(Cl)cc3)c3ccccc3n2)CC1)c1cc(Cl)sc1Cl. The van der Waals surface area contributed by atoms with Gasteiger partial charge in [0.1, 0.15) is 15.0 Å². The number of hydrogen-bond donors (Lipinski definition) is 4. The molecular formula is C28H27Cl3F3N5O4S2. The number of anilines is 3. The van der Waals surface area contributed by atoms with Gasteiger partial charge in [0, 0.05) is 29.2 Å². The lowest BCUT2D eigenvalue weighted by atomic mass is 9.82. The van der Waals surface area contributed by atoms with E-state index in [0.717, 1.165) is 66.0 Å². The van der Waals surface area contributed by atoms with Crippen molar-refractivity contribution in [3.05, 3.63) is 68.3 Å². The molecule has 5 rings (SSSR count). The number of para-hydroxylation sites is 1. The van der Waals surface area contributed by atoms with Crippen LogP contribution in [0, 0.1) is 11.8 Å². The minimum absolute atomic E-state index is 0.0485. The van der Waals surface area contributed by atoms with E-state index < -0.39 is 22.2 Å². The first-order valence-corrected chi connectivity index (χ1v) is 16.9. The molecule has 0 atom stereocenters. The number of nitrogens with zero attached hydrogens (tertiary/aromatic N) is 2. The van der Waals surface area contributed by atoms with Crippen LogP contribution < -0.4 is 15.4 Å². The monoisotopic (exact) mass is 723 g/mol. The van der Waals surface area contributed by atoms with Crippen LogP contribution in [0.3, 0.4) is 0 Å². The molecule has 0 aliphatic heterocycles. The van der Waals surface area contributed by atoms with Gasteiger partial charge in [-0.3, -0.25) is 0 Å². The predicted molar refractivity (Wildman–Crippen MR) is 171 cm³/mol. The summed E-state index contributed by atoms with van der Waals surface area (Å²) in [6.45, 7) is 1.14. The number of hydrogen-bond acceptors (Lipinski definition) is 8. The summed E-state index contributed by atoms with van der Waals surface area (Å²) < 4.78 is 60.2. The molecule has 0 saturated heterocycles. The van der Waals surface area contributed by atoms with Crippen molar-refractivity contribution in [2.75, 3.05) is 23.7 Å². The molecule has 4 N–H and O–H groups in total. The highest BCUT2D eigenvalue weighted by Gasteiger charge is 2.38. The molecule has 2 aromatic heterocycles. The van der Waals surface area contributed by atoms with Gasteiger partial charge in [-0.2, -0.15) is 18.2 Å². The smallest absolute Gasteiger partial charge is 0.475 e. The zero-order chi connectivity index (χ0) is 32.8. The molecule has 9 nitrogen and oxygen atoms in total. The number of sulfonamides is 1. The maximum absolute atomic E-state index is 12.6. The highest BCUT2D eigenvalue weighted by Crippen LogP contribution is 2.35. The molecule has 17 heteroatoms. The fourth-order valence-electron chi connectivity index (χ4n) is 4.61. The van der Waals surface area contributed by atoms with Crippen LogP contribution in [0.4, 0.5) is 30.6 Å². The Balaban J connectivity index is 0.000000591. The lowest BCUT2D eigenvalue weighted by Gasteiger charge is -2.28. The molecule has 0 radical (unpaired) electrons. The van der Waals surface area contributed by atoms with Gasteiger partial charge in [0.15, 0.2) is 0 Å². The van der Waals surface area contributed by atoms with Gasteiger partial charge < -0.3 is 15.7 Å². The first-order valence-electron chi connectivity index (χ1n) is 13.5. The van der Waals surface area contributed by atoms with Gasteiger partial charge in [-0.05, 0) is 80.0 Å². The molecule has 0 spiro atoms. The van der Waals surface area contributed by atoms with Crippen molar-refractivity contribution in [1.82, 2.24) is 14.7 Å². The summed E-state index contributed by atoms with van der Waals surface area (Å²) in [6.07, 6.45) is -1.22. The van der Waals surface area contributed by atoms with Crippen molar-refractivity contribution in [3.8, 4) is 0 Å². The van der Waals surface area contributed by atoms with Crippen molar-refractivity contribution >= 4 is 90.5 Å². The Labute approximate surface area is 276 Å².